The van der Waals surface area contributed by atoms with Gasteiger partial charge in [0.15, 0.2) is 0 Å². The molecule has 0 unspecified atom stereocenters. The van der Waals surface area contributed by atoms with Gasteiger partial charge in [0, 0.05) is 35.7 Å². The van der Waals surface area contributed by atoms with Crippen molar-refractivity contribution in [3.8, 4) is 5.88 Å². The van der Waals surface area contributed by atoms with Crippen LogP contribution in [-0.2, 0) is 0 Å². The number of hydrogen-bond donors (Lipinski definition) is 0. The molecule has 0 amide bonds. The lowest BCUT2D eigenvalue weighted by Gasteiger charge is -2.35. The largest absolute Gasteiger partial charge is 0.477 e. The maximum absolute atomic E-state index is 5.55. The van der Waals surface area contributed by atoms with Gasteiger partial charge in [-0.25, -0.2) is 4.98 Å². The molecule has 1 aliphatic heterocycles. The first-order chi connectivity index (χ1) is 6.74. The minimum atomic E-state index is 0.672. The fourth-order valence-corrected chi connectivity index (χ4v) is 1.82. The first-order valence-electron chi connectivity index (χ1n) is 4.67. The van der Waals surface area contributed by atoms with E-state index in [1.165, 1.54) is 0 Å². The molecule has 1 aliphatic rings. The lowest BCUT2D eigenvalue weighted by molar-refractivity contribution is 0.0839. The highest BCUT2D eigenvalue weighted by Crippen LogP contribution is 2.16. The SMILES string of the molecule is CN1CC(COc2ccc(Br)cn2)C1. The van der Waals surface area contributed by atoms with Crippen LogP contribution in [0.15, 0.2) is 22.8 Å². The highest BCUT2D eigenvalue weighted by Gasteiger charge is 2.23. The van der Waals surface area contributed by atoms with Gasteiger partial charge in [0.25, 0.3) is 0 Å². The van der Waals surface area contributed by atoms with Crippen LogP contribution in [0.25, 0.3) is 0 Å². The number of halogens is 1. The molecular weight excluding hydrogens is 244 g/mol. The van der Waals surface area contributed by atoms with Crippen LogP contribution >= 0.6 is 15.9 Å². The van der Waals surface area contributed by atoms with Gasteiger partial charge in [0.05, 0.1) is 6.61 Å². The van der Waals surface area contributed by atoms with Crippen molar-refractivity contribution in [3.63, 3.8) is 0 Å². The maximum Gasteiger partial charge on any atom is 0.213 e. The lowest BCUT2D eigenvalue weighted by atomic mass is 10.0. The Morgan fingerprint density at radius 3 is 2.93 bits per heavy atom. The molecule has 0 N–H and O–H groups in total. The van der Waals surface area contributed by atoms with E-state index >= 15 is 0 Å². The molecule has 4 heteroatoms. The Labute approximate surface area is 92.2 Å². The van der Waals surface area contributed by atoms with Gasteiger partial charge in [-0.05, 0) is 29.0 Å². The van der Waals surface area contributed by atoms with Crippen LogP contribution in [0.3, 0.4) is 0 Å². The Bertz CT molecular complexity index is 295. The third-order valence-corrected chi connectivity index (χ3v) is 2.78. The van der Waals surface area contributed by atoms with Gasteiger partial charge < -0.3 is 9.64 Å². The second-order valence-electron chi connectivity index (χ2n) is 3.71. The molecule has 14 heavy (non-hydrogen) atoms. The highest BCUT2D eigenvalue weighted by molar-refractivity contribution is 9.10. The smallest absolute Gasteiger partial charge is 0.213 e. The van der Waals surface area contributed by atoms with Gasteiger partial charge in [-0.2, -0.15) is 0 Å². The van der Waals surface area contributed by atoms with Crippen molar-refractivity contribution in [1.82, 2.24) is 9.88 Å². The Kier molecular flexibility index (Phi) is 3.03. The summed E-state index contributed by atoms with van der Waals surface area (Å²) in [5.41, 5.74) is 0. The molecule has 1 fully saturated rings. The Morgan fingerprint density at radius 2 is 2.36 bits per heavy atom. The molecule has 3 nitrogen and oxygen atoms in total. The molecule has 0 radical (unpaired) electrons. The molecule has 0 spiro atoms. The number of pyridine rings is 1. The van der Waals surface area contributed by atoms with E-state index in [2.05, 4.69) is 32.9 Å². The van der Waals surface area contributed by atoms with Crippen molar-refractivity contribution in [3.05, 3.63) is 22.8 Å². The van der Waals surface area contributed by atoms with Crippen LogP contribution in [0.5, 0.6) is 5.88 Å². The first kappa shape index (κ1) is 9.93. The summed E-state index contributed by atoms with van der Waals surface area (Å²) in [6.45, 7) is 3.05. The molecular formula is C10H13BrN2O. The van der Waals surface area contributed by atoms with Gasteiger partial charge >= 0.3 is 0 Å². The fourth-order valence-electron chi connectivity index (χ4n) is 1.58. The second-order valence-corrected chi connectivity index (χ2v) is 4.63. The average molecular weight is 257 g/mol. The number of rotatable bonds is 3. The summed E-state index contributed by atoms with van der Waals surface area (Å²) in [4.78, 5) is 6.43. The zero-order valence-corrected chi connectivity index (χ0v) is 9.70. The van der Waals surface area contributed by atoms with Crippen molar-refractivity contribution in [2.24, 2.45) is 5.92 Å². The number of nitrogens with zero attached hydrogens (tertiary/aromatic N) is 2. The van der Waals surface area contributed by atoms with Gasteiger partial charge in [0.2, 0.25) is 5.88 Å². The summed E-state index contributed by atoms with van der Waals surface area (Å²) < 4.78 is 6.53. The quantitative estimate of drug-likeness (QED) is 0.825. The maximum atomic E-state index is 5.55. The third-order valence-electron chi connectivity index (χ3n) is 2.31. The van der Waals surface area contributed by atoms with E-state index in [-0.39, 0.29) is 0 Å². The summed E-state index contributed by atoms with van der Waals surface area (Å²) in [7, 11) is 2.12. The minimum absolute atomic E-state index is 0.672. The molecule has 0 saturated carbocycles. The highest BCUT2D eigenvalue weighted by atomic mass is 79.9. The summed E-state index contributed by atoms with van der Waals surface area (Å²) in [5, 5.41) is 0. The summed E-state index contributed by atoms with van der Waals surface area (Å²) >= 11 is 3.33. The van der Waals surface area contributed by atoms with E-state index in [9.17, 15) is 0 Å². The van der Waals surface area contributed by atoms with E-state index in [1.54, 1.807) is 6.20 Å². The number of likely N-dealkylation sites (tertiary alicyclic amines) is 1. The van der Waals surface area contributed by atoms with Gasteiger partial charge in [-0.3, -0.25) is 0 Å². The predicted octanol–water partition coefficient (Wildman–Crippen LogP) is 1.78. The molecule has 2 rings (SSSR count). The third kappa shape index (κ3) is 2.45. The predicted molar refractivity (Wildman–Crippen MR) is 58.4 cm³/mol. The monoisotopic (exact) mass is 256 g/mol. The van der Waals surface area contributed by atoms with Gasteiger partial charge in [-0.1, -0.05) is 0 Å². The Hall–Kier alpha value is -0.610. The van der Waals surface area contributed by atoms with Gasteiger partial charge in [0.1, 0.15) is 0 Å². The first-order valence-corrected chi connectivity index (χ1v) is 5.46. The minimum Gasteiger partial charge on any atom is -0.477 e. The summed E-state index contributed by atoms with van der Waals surface area (Å²) in [6.07, 6.45) is 1.75. The average Bonchev–Trinajstić information content (AvgIpc) is 2.13. The van der Waals surface area contributed by atoms with E-state index in [0.717, 1.165) is 24.2 Å². The molecule has 1 saturated heterocycles. The van der Waals surface area contributed by atoms with Crippen LogP contribution in [0, 0.1) is 5.92 Å². The molecule has 1 aromatic heterocycles. The molecule has 0 bridgehead atoms. The molecule has 0 aromatic carbocycles. The standard InChI is InChI=1S/C10H13BrN2O/c1-13-5-8(6-13)7-14-10-3-2-9(11)4-12-10/h2-4,8H,5-7H2,1H3. The summed E-state index contributed by atoms with van der Waals surface area (Å²) in [5.74, 6) is 1.38. The van der Waals surface area contributed by atoms with E-state index in [0.29, 0.717) is 11.8 Å². The Morgan fingerprint density at radius 1 is 1.57 bits per heavy atom. The lowest BCUT2D eigenvalue weighted by Crippen LogP contribution is -2.46. The Balaban J connectivity index is 1.78. The van der Waals surface area contributed by atoms with Gasteiger partial charge in [-0.15, -0.1) is 0 Å². The zero-order valence-electron chi connectivity index (χ0n) is 8.11. The molecule has 0 aliphatic carbocycles. The van der Waals surface area contributed by atoms with Crippen LogP contribution in [0.1, 0.15) is 0 Å². The van der Waals surface area contributed by atoms with Crippen LogP contribution in [0.4, 0.5) is 0 Å². The van der Waals surface area contributed by atoms with E-state index in [1.807, 2.05) is 12.1 Å². The molecule has 76 valence electrons. The molecule has 0 atom stereocenters. The fraction of sp³-hybridized carbons (Fsp3) is 0.500. The van der Waals surface area contributed by atoms with Crippen molar-refractivity contribution in [2.75, 3.05) is 26.7 Å². The molecule has 2 heterocycles. The van der Waals surface area contributed by atoms with Crippen molar-refractivity contribution in [2.45, 2.75) is 0 Å². The topological polar surface area (TPSA) is 25.4 Å². The number of aromatic nitrogens is 1. The van der Waals surface area contributed by atoms with Crippen molar-refractivity contribution in [1.29, 1.82) is 0 Å². The van der Waals surface area contributed by atoms with Crippen molar-refractivity contribution >= 4 is 15.9 Å². The van der Waals surface area contributed by atoms with E-state index < -0.39 is 0 Å². The normalized spacial score (nSPS) is 17.9. The van der Waals surface area contributed by atoms with Crippen LogP contribution in [-0.4, -0.2) is 36.6 Å². The van der Waals surface area contributed by atoms with Crippen molar-refractivity contribution < 1.29 is 4.74 Å². The molecule has 1 aromatic rings. The number of ether oxygens (including phenoxy) is 1. The van der Waals surface area contributed by atoms with E-state index in [4.69, 9.17) is 4.74 Å². The zero-order chi connectivity index (χ0) is 9.97. The number of hydrogen-bond acceptors (Lipinski definition) is 3. The van der Waals surface area contributed by atoms with Crippen LogP contribution < -0.4 is 4.74 Å². The summed E-state index contributed by atoms with van der Waals surface area (Å²) in [6, 6.07) is 3.82. The second kappa shape index (κ2) is 4.28. The van der Waals surface area contributed by atoms with Crippen LogP contribution in [0.2, 0.25) is 0 Å².